The van der Waals surface area contributed by atoms with Crippen LogP contribution in [0, 0.1) is 25.2 Å². The first-order valence-electron chi connectivity index (χ1n) is 13.1. The molecule has 8 heteroatoms. The molecule has 0 fully saturated rings. The average molecular weight is 539 g/mol. The Morgan fingerprint density at radius 3 is 2.65 bits per heavy atom. The minimum atomic E-state index is -0.622. The van der Waals surface area contributed by atoms with Crippen LogP contribution in [-0.2, 0) is 0 Å². The summed E-state index contributed by atoms with van der Waals surface area (Å²) in [5, 5.41) is 10.8. The molecule has 0 saturated heterocycles. The van der Waals surface area contributed by atoms with Crippen molar-refractivity contribution in [3.8, 4) is 29.1 Å². The van der Waals surface area contributed by atoms with Crippen LogP contribution >= 0.6 is 0 Å². The second-order valence-electron chi connectivity index (χ2n) is 9.68. The molecule has 3 aromatic carbocycles. The summed E-state index contributed by atoms with van der Waals surface area (Å²) >= 11 is 0. The highest BCUT2D eigenvalue weighted by Crippen LogP contribution is 2.45. The standard InChI is InChI=1S/C32H30N2O6/c1-5-6-13-37-25-12-8-20(15-28(25)36-4)29-23-11-9-21(16-27(23)40-31(34)24(29)17-33)38-32(35)30-19(3)22-10-7-18(2)14-26(22)39-30/h7-12,14-16,29H,5-6,13,34H2,1-4H3. The van der Waals surface area contributed by atoms with Gasteiger partial charge in [-0.15, -0.1) is 0 Å². The lowest BCUT2D eigenvalue weighted by molar-refractivity contribution is 0.0702. The molecular weight excluding hydrogens is 508 g/mol. The largest absolute Gasteiger partial charge is 0.493 e. The summed E-state index contributed by atoms with van der Waals surface area (Å²) in [7, 11) is 1.57. The van der Waals surface area contributed by atoms with E-state index in [0.717, 1.165) is 29.4 Å². The third-order valence-corrected chi connectivity index (χ3v) is 6.96. The second-order valence-corrected chi connectivity index (χ2v) is 9.68. The van der Waals surface area contributed by atoms with Gasteiger partial charge in [-0.25, -0.2) is 4.79 Å². The smallest absolute Gasteiger partial charge is 0.379 e. The quantitative estimate of drug-likeness (QED) is 0.150. The summed E-state index contributed by atoms with van der Waals surface area (Å²) in [4.78, 5) is 13.0. The monoisotopic (exact) mass is 538 g/mol. The lowest BCUT2D eigenvalue weighted by Crippen LogP contribution is -2.21. The number of esters is 1. The summed E-state index contributed by atoms with van der Waals surface area (Å²) < 4.78 is 28.7. The molecule has 1 aromatic heterocycles. The van der Waals surface area contributed by atoms with Crippen molar-refractivity contribution in [1.82, 2.24) is 0 Å². The van der Waals surface area contributed by atoms with Crippen LogP contribution in [0.3, 0.4) is 0 Å². The van der Waals surface area contributed by atoms with Crippen LogP contribution in [0.5, 0.6) is 23.0 Å². The zero-order valence-corrected chi connectivity index (χ0v) is 22.9. The molecule has 40 heavy (non-hydrogen) atoms. The van der Waals surface area contributed by atoms with Gasteiger partial charge in [0.15, 0.2) is 11.5 Å². The Hall–Kier alpha value is -4.90. The van der Waals surface area contributed by atoms with Gasteiger partial charge < -0.3 is 29.1 Å². The van der Waals surface area contributed by atoms with E-state index >= 15 is 0 Å². The molecule has 8 nitrogen and oxygen atoms in total. The van der Waals surface area contributed by atoms with Gasteiger partial charge in [0.2, 0.25) is 11.6 Å². The molecule has 2 heterocycles. The van der Waals surface area contributed by atoms with Crippen molar-refractivity contribution in [2.45, 2.75) is 39.5 Å². The first kappa shape index (κ1) is 26.7. The van der Waals surface area contributed by atoms with Gasteiger partial charge in [0, 0.05) is 22.6 Å². The maximum absolute atomic E-state index is 13.0. The Balaban J connectivity index is 1.46. The van der Waals surface area contributed by atoms with E-state index < -0.39 is 11.9 Å². The number of hydrogen-bond acceptors (Lipinski definition) is 8. The van der Waals surface area contributed by atoms with E-state index in [0.29, 0.717) is 40.6 Å². The van der Waals surface area contributed by atoms with Gasteiger partial charge in [-0.05, 0) is 55.7 Å². The van der Waals surface area contributed by atoms with Gasteiger partial charge in [0.05, 0.1) is 19.6 Å². The normalized spacial score (nSPS) is 14.3. The van der Waals surface area contributed by atoms with Crippen LogP contribution in [0.1, 0.15) is 58.5 Å². The third kappa shape index (κ3) is 4.94. The molecule has 5 rings (SSSR count). The first-order chi connectivity index (χ1) is 19.3. The highest BCUT2D eigenvalue weighted by molar-refractivity contribution is 5.97. The van der Waals surface area contributed by atoms with Gasteiger partial charge >= 0.3 is 5.97 Å². The Morgan fingerprint density at radius 2 is 1.90 bits per heavy atom. The number of nitriles is 1. The van der Waals surface area contributed by atoms with Gasteiger partial charge in [0.1, 0.15) is 28.7 Å². The third-order valence-electron chi connectivity index (χ3n) is 6.96. The number of unbranched alkanes of at least 4 members (excludes halogenated alkanes) is 1. The highest BCUT2D eigenvalue weighted by atomic mass is 16.5. The number of allylic oxidation sites excluding steroid dienone is 1. The fraction of sp³-hybridized carbons (Fsp3) is 0.250. The number of fused-ring (bicyclic) bond motifs is 2. The number of ether oxygens (including phenoxy) is 4. The van der Waals surface area contributed by atoms with Crippen molar-refractivity contribution in [2.75, 3.05) is 13.7 Å². The summed E-state index contributed by atoms with van der Waals surface area (Å²) in [5.41, 5.74) is 10.3. The van der Waals surface area contributed by atoms with Crippen molar-refractivity contribution in [2.24, 2.45) is 5.73 Å². The minimum absolute atomic E-state index is 0.0192. The number of hydrogen-bond donors (Lipinski definition) is 1. The molecule has 0 radical (unpaired) electrons. The number of carbonyl (C=O) groups excluding carboxylic acids is 1. The highest BCUT2D eigenvalue weighted by Gasteiger charge is 2.32. The SMILES string of the molecule is CCCCOc1ccc(C2C(C#N)=C(N)Oc3cc(OC(=O)c4oc5cc(C)ccc5c4C)ccc32)cc1OC. The zero-order chi connectivity index (χ0) is 28.4. The lowest BCUT2D eigenvalue weighted by atomic mass is 9.83. The predicted octanol–water partition coefficient (Wildman–Crippen LogP) is 6.67. The molecule has 4 aromatic rings. The Kier molecular flexibility index (Phi) is 7.39. The van der Waals surface area contributed by atoms with Crippen LogP contribution in [0.2, 0.25) is 0 Å². The van der Waals surface area contributed by atoms with E-state index in [1.165, 1.54) is 0 Å². The number of aryl methyl sites for hydroxylation is 2. The molecule has 0 saturated carbocycles. The molecule has 0 bridgehead atoms. The summed E-state index contributed by atoms with van der Waals surface area (Å²) in [5.74, 6) is 0.794. The predicted molar refractivity (Wildman–Crippen MR) is 150 cm³/mol. The van der Waals surface area contributed by atoms with Crippen LogP contribution < -0.4 is 24.7 Å². The molecular formula is C32H30N2O6. The van der Waals surface area contributed by atoms with E-state index in [1.54, 1.807) is 25.3 Å². The van der Waals surface area contributed by atoms with Crippen LogP contribution in [0.4, 0.5) is 0 Å². The number of nitrogens with zero attached hydrogens (tertiary/aromatic N) is 1. The summed E-state index contributed by atoms with van der Waals surface area (Å²) in [6, 6.07) is 18.5. The number of nitrogens with two attached hydrogens (primary N) is 1. The summed E-state index contributed by atoms with van der Waals surface area (Å²) in [6.45, 7) is 6.46. The molecule has 0 amide bonds. The van der Waals surface area contributed by atoms with Gasteiger partial charge in [-0.2, -0.15) is 5.26 Å². The van der Waals surface area contributed by atoms with Crippen molar-refractivity contribution in [3.63, 3.8) is 0 Å². The van der Waals surface area contributed by atoms with E-state index in [2.05, 4.69) is 13.0 Å². The maximum Gasteiger partial charge on any atom is 0.379 e. The van der Waals surface area contributed by atoms with Crippen molar-refractivity contribution in [3.05, 3.63) is 94.1 Å². The molecule has 2 N–H and O–H groups in total. The van der Waals surface area contributed by atoms with Crippen molar-refractivity contribution >= 4 is 16.9 Å². The molecule has 204 valence electrons. The number of benzene rings is 3. The number of carbonyl (C=O) groups is 1. The fourth-order valence-electron chi connectivity index (χ4n) is 4.83. The maximum atomic E-state index is 13.0. The van der Waals surface area contributed by atoms with Crippen molar-refractivity contribution < 1.29 is 28.2 Å². The van der Waals surface area contributed by atoms with Gasteiger partial charge in [-0.3, -0.25) is 0 Å². The van der Waals surface area contributed by atoms with Gasteiger partial charge in [-0.1, -0.05) is 37.6 Å². The van der Waals surface area contributed by atoms with E-state index in [9.17, 15) is 10.1 Å². The lowest BCUT2D eigenvalue weighted by Gasteiger charge is -2.27. The van der Waals surface area contributed by atoms with Crippen LogP contribution in [0.15, 0.2) is 70.5 Å². The topological polar surface area (TPSA) is 117 Å². The zero-order valence-electron chi connectivity index (χ0n) is 22.9. The Labute approximate surface area is 232 Å². The van der Waals surface area contributed by atoms with E-state index in [1.807, 2.05) is 50.2 Å². The van der Waals surface area contributed by atoms with Crippen LogP contribution in [0.25, 0.3) is 11.0 Å². The minimum Gasteiger partial charge on any atom is -0.493 e. The van der Waals surface area contributed by atoms with Gasteiger partial charge in [0.25, 0.3) is 0 Å². The average Bonchev–Trinajstić information content (AvgIpc) is 3.27. The van der Waals surface area contributed by atoms with E-state index in [-0.39, 0.29) is 23.0 Å². The molecule has 0 aliphatic carbocycles. The Bertz CT molecular complexity index is 1680. The molecule has 0 spiro atoms. The molecule has 1 atom stereocenters. The number of furan rings is 1. The summed E-state index contributed by atoms with van der Waals surface area (Å²) in [6.07, 6.45) is 1.95. The van der Waals surface area contributed by atoms with E-state index in [4.69, 9.17) is 29.1 Å². The fourth-order valence-corrected chi connectivity index (χ4v) is 4.83. The first-order valence-corrected chi connectivity index (χ1v) is 13.1. The van der Waals surface area contributed by atoms with Crippen molar-refractivity contribution in [1.29, 1.82) is 5.26 Å². The number of methoxy groups -OCH3 is 1. The number of rotatable bonds is 8. The second kappa shape index (κ2) is 11.1. The molecule has 1 aliphatic heterocycles. The molecule has 1 aliphatic rings. The molecule has 1 unspecified atom stereocenters. The Morgan fingerprint density at radius 1 is 1.07 bits per heavy atom. The van der Waals surface area contributed by atoms with Crippen LogP contribution in [-0.4, -0.2) is 19.7 Å².